The van der Waals surface area contributed by atoms with Crippen molar-refractivity contribution in [2.75, 3.05) is 6.61 Å². The van der Waals surface area contributed by atoms with Gasteiger partial charge in [-0.2, -0.15) is 0 Å². The van der Waals surface area contributed by atoms with Crippen LogP contribution in [-0.2, 0) is 4.74 Å². The van der Waals surface area contributed by atoms with Gasteiger partial charge in [0.25, 0.3) is 0 Å². The average molecular weight is 254 g/mol. The van der Waals surface area contributed by atoms with Crippen molar-refractivity contribution in [3.63, 3.8) is 0 Å². The van der Waals surface area contributed by atoms with Crippen LogP contribution < -0.4 is 5.32 Å². The summed E-state index contributed by atoms with van der Waals surface area (Å²) in [7, 11) is 0. The lowest BCUT2D eigenvalue weighted by Gasteiger charge is -2.11. The van der Waals surface area contributed by atoms with Crippen molar-refractivity contribution < 1.29 is 9.53 Å². The highest BCUT2D eigenvalue weighted by atomic mass is 16.5. The summed E-state index contributed by atoms with van der Waals surface area (Å²) in [6, 6.07) is 14.8. The molecule has 2 heterocycles. The Bertz CT molecular complexity index is 557. The predicted octanol–water partition coefficient (Wildman–Crippen LogP) is 1.95. The van der Waals surface area contributed by atoms with Gasteiger partial charge in [-0.05, 0) is 17.7 Å². The molecule has 19 heavy (non-hydrogen) atoms. The highest BCUT2D eigenvalue weighted by molar-refractivity contribution is 5.98. The molecule has 1 aliphatic heterocycles. The third kappa shape index (κ3) is 2.54. The second kappa shape index (κ2) is 5.30. The Morgan fingerprint density at radius 3 is 2.68 bits per heavy atom. The van der Waals surface area contributed by atoms with E-state index in [9.17, 15) is 4.79 Å². The molecule has 1 aromatic heterocycles. The van der Waals surface area contributed by atoms with Gasteiger partial charge in [-0.1, -0.05) is 36.4 Å². The zero-order valence-electron chi connectivity index (χ0n) is 10.3. The van der Waals surface area contributed by atoms with E-state index in [4.69, 9.17) is 4.74 Å². The van der Waals surface area contributed by atoms with Crippen LogP contribution in [0.1, 0.15) is 22.3 Å². The van der Waals surface area contributed by atoms with Crippen LogP contribution in [0.15, 0.2) is 54.7 Å². The third-order valence-corrected chi connectivity index (χ3v) is 3.12. The maximum absolute atomic E-state index is 12.2. The number of carbonyl (C=O) groups is 1. The first-order valence-electron chi connectivity index (χ1n) is 6.22. The van der Waals surface area contributed by atoms with E-state index in [-0.39, 0.29) is 18.1 Å². The summed E-state index contributed by atoms with van der Waals surface area (Å²) in [5, 5.41) is 3.19. The second-order valence-electron chi connectivity index (χ2n) is 4.42. The van der Waals surface area contributed by atoms with Crippen LogP contribution in [0.3, 0.4) is 0 Å². The number of hydrogen-bond donors (Lipinski definition) is 1. The summed E-state index contributed by atoms with van der Waals surface area (Å²) in [6.45, 7) is 0.370. The minimum Gasteiger partial charge on any atom is -0.357 e. The van der Waals surface area contributed by atoms with E-state index in [1.807, 2.05) is 36.4 Å². The molecule has 0 saturated carbocycles. The van der Waals surface area contributed by atoms with Gasteiger partial charge >= 0.3 is 0 Å². The zero-order valence-corrected chi connectivity index (χ0v) is 10.3. The molecule has 2 unspecified atom stereocenters. The molecule has 0 amide bonds. The minimum absolute atomic E-state index is 0.0287. The van der Waals surface area contributed by atoms with Crippen LogP contribution in [0.4, 0.5) is 0 Å². The molecule has 1 fully saturated rings. The lowest BCUT2D eigenvalue weighted by atomic mass is 10.1. The van der Waals surface area contributed by atoms with Crippen molar-refractivity contribution >= 4 is 5.78 Å². The fraction of sp³-hybridized carbons (Fsp3) is 0.200. The van der Waals surface area contributed by atoms with E-state index in [0.717, 1.165) is 5.56 Å². The van der Waals surface area contributed by atoms with Crippen LogP contribution in [0.25, 0.3) is 0 Å². The summed E-state index contributed by atoms with van der Waals surface area (Å²) in [4.78, 5) is 16.3. The Kier molecular flexibility index (Phi) is 3.35. The van der Waals surface area contributed by atoms with Crippen LogP contribution in [0.5, 0.6) is 0 Å². The van der Waals surface area contributed by atoms with Crippen molar-refractivity contribution in [3.8, 4) is 0 Å². The van der Waals surface area contributed by atoms with Gasteiger partial charge in [0.1, 0.15) is 11.9 Å². The molecule has 2 atom stereocenters. The Balaban J connectivity index is 1.71. The van der Waals surface area contributed by atoms with Crippen LogP contribution in [0.2, 0.25) is 0 Å². The molecule has 1 aliphatic rings. The number of nitrogens with one attached hydrogen (secondary N) is 1. The number of carbonyl (C=O) groups excluding carboxylic acids is 1. The maximum atomic E-state index is 12.2. The van der Waals surface area contributed by atoms with Crippen molar-refractivity contribution in [2.24, 2.45) is 0 Å². The van der Waals surface area contributed by atoms with Crippen LogP contribution in [-0.4, -0.2) is 23.4 Å². The normalized spacial score (nSPS) is 22.3. The van der Waals surface area contributed by atoms with Crippen molar-refractivity contribution in [1.29, 1.82) is 0 Å². The molecule has 1 saturated heterocycles. The van der Waals surface area contributed by atoms with E-state index < -0.39 is 0 Å². The molecule has 2 aromatic rings. The smallest absolute Gasteiger partial charge is 0.200 e. The first kappa shape index (κ1) is 12.0. The predicted molar refractivity (Wildman–Crippen MR) is 70.6 cm³/mol. The number of Topliss-reactive ketones (excluding diaryl/α,β-unsaturated/α-hetero) is 1. The molecule has 4 nitrogen and oxygen atoms in total. The Hall–Kier alpha value is -2.04. The molecule has 0 bridgehead atoms. The summed E-state index contributed by atoms with van der Waals surface area (Å²) in [6.07, 6.45) is 1.40. The largest absolute Gasteiger partial charge is 0.357 e. The Morgan fingerprint density at radius 2 is 1.95 bits per heavy atom. The molecule has 1 N–H and O–H groups in total. The highest BCUT2D eigenvalue weighted by Gasteiger charge is 2.31. The molecule has 4 heteroatoms. The topological polar surface area (TPSA) is 51.2 Å². The van der Waals surface area contributed by atoms with Gasteiger partial charge in [-0.25, -0.2) is 0 Å². The standard InChI is InChI=1S/C15H14N2O2/c18-14(12-8-4-5-9-16-12)13-10-19-15(17-13)11-6-2-1-3-7-11/h1-9,13,15,17H,10H2. The number of benzene rings is 1. The monoisotopic (exact) mass is 254 g/mol. The number of nitrogens with zero attached hydrogens (tertiary/aromatic N) is 1. The number of rotatable bonds is 3. The summed E-state index contributed by atoms with van der Waals surface area (Å²) in [5.41, 5.74) is 1.50. The number of hydrogen-bond acceptors (Lipinski definition) is 4. The van der Waals surface area contributed by atoms with E-state index in [2.05, 4.69) is 10.3 Å². The van der Waals surface area contributed by atoms with Crippen molar-refractivity contribution in [2.45, 2.75) is 12.3 Å². The molecule has 0 spiro atoms. The molecule has 1 aromatic carbocycles. The maximum Gasteiger partial charge on any atom is 0.200 e. The number of ketones is 1. The highest BCUT2D eigenvalue weighted by Crippen LogP contribution is 2.21. The van der Waals surface area contributed by atoms with E-state index in [0.29, 0.717) is 12.3 Å². The summed E-state index contributed by atoms with van der Waals surface area (Å²) >= 11 is 0. The molecule has 0 radical (unpaired) electrons. The van der Waals surface area contributed by atoms with Gasteiger partial charge < -0.3 is 4.74 Å². The Labute approximate surface area is 111 Å². The van der Waals surface area contributed by atoms with Gasteiger partial charge in [0.05, 0.1) is 12.6 Å². The number of aromatic nitrogens is 1. The lowest BCUT2D eigenvalue weighted by molar-refractivity contribution is 0.0905. The van der Waals surface area contributed by atoms with E-state index in [1.54, 1.807) is 18.3 Å². The van der Waals surface area contributed by atoms with Gasteiger partial charge in [-0.3, -0.25) is 15.1 Å². The van der Waals surface area contributed by atoms with Crippen LogP contribution >= 0.6 is 0 Å². The third-order valence-electron chi connectivity index (χ3n) is 3.12. The molecule has 0 aliphatic carbocycles. The first-order valence-corrected chi connectivity index (χ1v) is 6.22. The second-order valence-corrected chi connectivity index (χ2v) is 4.42. The fourth-order valence-electron chi connectivity index (χ4n) is 2.13. The molecule has 3 rings (SSSR count). The Morgan fingerprint density at radius 1 is 1.16 bits per heavy atom. The quantitative estimate of drug-likeness (QED) is 0.851. The van der Waals surface area contributed by atoms with Gasteiger partial charge in [0.2, 0.25) is 0 Å². The van der Waals surface area contributed by atoms with Crippen molar-refractivity contribution in [1.82, 2.24) is 10.3 Å². The van der Waals surface area contributed by atoms with Crippen molar-refractivity contribution in [3.05, 3.63) is 66.0 Å². The summed E-state index contributed by atoms with van der Waals surface area (Å²) in [5.74, 6) is -0.0287. The lowest BCUT2D eigenvalue weighted by Crippen LogP contribution is -2.34. The number of ether oxygens (including phenoxy) is 1. The van der Waals surface area contributed by atoms with Gasteiger partial charge in [0, 0.05) is 6.20 Å². The van der Waals surface area contributed by atoms with E-state index >= 15 is 0 Å². The van der Waals surface area contributed by atoms with Gasteiger partial charge in [-0.15, -0.1) is 0 Å². The zero-order chi connectivity index (χ0) is 13.1. The molecular weight excluding hydrogens is 240 g/mol. The first-order chi connectivity index (χ1) is 9.34. The SMILES string of the molecule is O=C(c1ccccn1)C1COC(c2ccccc2)N1. The molecule has 96 valence electrons. The summed E-state index contributed by atoms with van der Waals surface area (Å²) < 4.78 is 5.63. The van der Waals surface area contributed by atoms with Gasteiger partial charge in [0.15, 0.2) is 5.78 Å². The average Bonchev–Trinajstić information content (AvgIpc) is 2.98. The molecular formula is C15H14N2O2. The fourth-order valence-corrected chi connectivity index (χ4v) is 2.13. The minimum atomic E-state index is -0.333. The van der Waals surface area contributed by atoms with Crippen LogP contribution in [0, 0.1) is 0 Å². The van der Waals surface area contributed by atoms with E-state index in [1.165, 1.54) is 0 Å². The number of pyridine rings is 1.